The van der Waals surface area contributed by atoms with E-state index in [2.05, 4.69) is 15.6 Å². The molecule has 1 aromatic heterocycles. The van der Waals surface area contributed by atoms with Gasteiger partial charge in [-0.3, -0.25) is 13.9 Å². The van der Waals surface area contributed by atoms with Gasteiger partial charge in [-0.25, -0.2) is 4.98 Å². The molecule has 0 saturated carbocycles. The van der Waals surface area contributed by atoms with E-state index in [1.165, 1.54) is 23.3 Å². The third-order valence-electron chi connectivity index (χ3n) is 3.61. The summed E-state index contributed by atoms with van der Waals surface area (Å²) < 4.78 is 1.95. The number of rotatable bonds is 7. The Bertz CT molecular complexity index is 958. The van der Waals surface area contributed by atoms with E-state index in [0.717, 1.165) is 16.2 Å². The van der Waals surface area contributed by atoms with Crippen molar-refractivity contribution >= 4 is 40.2 Å². The molecule has 0 radical (unpaired) electrons. The van der Waals surface area contributed by atoms with Gasteiger partial charge in [0.05, 0.1) is 12.2 Å². The van der Waals surface area contributed by atoms with Crippen molar-refractivity contribution in [2.75, 3.05) is 26.0 Å². The first-order valence-electron chi connectivity index (χ1n) is 8.55. The van der Waals surface area contributed by atoms with Crippen molar-refractivity contribution in [3.05, 3.63) is 65.5 Å². The van der Waals surface area contributed by atoms with Gasteiger partial charge in [-0.1, -0.05) is 36.4 Å². The van der Waals surface area contributed by atoms with Gasteiger partial charge >= 0.3 is 0 Å². The molecular weight excluding hydrogens is 392 g/mol. The van der Waals surface area contributed by atoms with Crippen LogP contribution in [0.15, 0.2) is 64.9 Å². The smallest absolute Gasteiger partial charge is 0.251 e. The number of nitrogens with zero attached hydrogens (tertiary/aromatic N) is 2. The fourth-order valence-corrected chi connectivity index (χ4v) is 3.88. The predicted molar refractivity (Wildman–Crippen MR) is 114 cm³/mol. The van der Waals surface area contributed by atoms with Gasteiger partial charge in [-0.2, -0.15) is 0 Å². The summed E-state index contributed by atoms with van der Waals surface area (Å²) in [5.74, 6) is -0.610. The topological polar surface area (TPSA) is 74.3 Å². The molecule has 0 bridgehead atoms. The molecule has 2 N–H and O–H groups in total. The number of amides is 2. The van der Waals surface area contributed by atoms with Crippen LogP contribution in [-0.4, -0.2) is 41.7 Å². The molecule has 3 aromatic rings. The number of thiazole rings is 1. The monoisotopic (exact) mass is 412 g/mol. The summed E-state index contributed by atoms with van der Waals surface area (Å²) in [5.41, 5.74) is 2.31. The number of aromatic nitrogens is 1. The van der Waals surface area contributed by atoms with E-state index in [-0.39, 0.29) is 18.4 Å². The van der Waals surface area contributed by atoms with Gasteiger partial charge in [0.1, 0.15) is 0 Å². The minimum absolute atomic E-state index is 0.121. The van der Waals surface area contributed by atoms with Crippen LogP contribution in [0, 0.1) is 0 Å². The minimum Gasteiger partial charge on any atom is -0.343 e. The minimum atomic E-state index is -0.318. The first-order chi connectivity index (χ1) is 13.5. The molecule has 0 aliphatic carbocycles. The second kappa shape index (κ2) is 9.50. The predicted octanol–water partition coefficient (Wildman–Crippen LogP) is 3.75. The molecule has 0 saturated heterocycles. The molecule has 28 heavy (non-hydrogen) atoms. The Morgan fingerprint density at radius 1 is 1.11 bits per heavy atom. The molecular formula is C20H20N4O2S2. The van der Waals surface area contributed by atoms with Crippen molar-refractivity contribution in [2.45, 2.75) is 4.90 Å². The van der Waals surface area contributed by atoms with Crippen LogP contribution in [0.25, 0.3) is 11.3 Å². The molecule has 3 rings (SSSR count). The Balaban J connectivity index is 1.53. The molecule has 1 heterocycles. The summed E-state index contributed by atoms with van der Waals surface area (Å²) in [5, 5.41) is 7.75. The molecule has 0 aliphatic heterocycles. The van der Waals surface area contributed by atoms with Crippen LogP contribution in [0.4, 0.5) is 5.13 Å². The van der Waals surface area contributed by atoms with Crippen molar-refractivity contribution in [1.82, 2.24) is 14.6 Å². The lowest BCUT2D eigenvalue weighted by Crippen LogP contribution is -2.32. The molecule has 0 unspecified atom stereocenters. The van der Waals surface area contributed by atoms with Crippen LogP contribution in [0.2, 0.25) is 0 Å². The van der Waals surface area contributed by atoms with Gasteiger partial charge in [0.2, 0.25) is 5.91 Å². The van der Waals surface area contributed by atoms with E-state index in [4.69, 9.17) is 0 Å². The van der Waals surface area contributed by atoms with Crippen LogP contribution < -0.4 is 10.6 Å². The van der Waals surface area contributed by atoms with Crippen LogP contribution in [-0.2, 0) is 4.79 Å². The van der Waals surface area contributed by atoms with Crippen molar-refractivity contribution < 1.29 is 9.59 Å². The molecule has 2 amide bonds. The van der Waals surface area contributed by atoms with Gasteiger partial charge in [0, 0.05) is 21.4 Å². The zero-order valence-electron chi connectivity index (χ0n) is 15.5. The third-order valence-corrected chi connectivity index (χ3v) is 5.20. The van der Waals surface area contributed by atoms with Crippen LogP contribution in [0.5, 0.6) is 0 Å². The second-order valence-electron chi connectivity index (χ2n) is 6.07. The summed E-state index contributed by atoms with van der Waals surface area (Å²) in [4.78, 5) is 29.8. The summed E-state index contributed by atoms with van der Waals surface area (Å²) >= 11 is 2.87. The number of anilines is 1. The first kappa shape index (κ1) is 20.1. The summed E-state index contributed by atoms with van der Waals surface area (Å²) in [6, 6.07) is 17.0. The highest BCUT2D eigenvalue weighted by molar-refractivity contribution is 7.97. The molecule has 0 fully saturated rings. The molecule has 0 aliphatic rings. The standard InChI is InChI=1S/C20H20N4O2S2/c1-24(2)28-16-10-6-9-15(11-16)19(26)21-12-18(25)23-20-22-17(13-27-20)14-7-4-3-5-8-14/h3-11,13H,12H2,1-2H3,(H,21,26)(H,22,23,25). The molecule has 0 spiro atoms. The van der Waals surface area contributed by atoms with Gasteiger partial charge in [0.25, 0.3) is 5.91 Å². The quantitative estimate of drug-likeness (QED) is 0.578. The Morgan fingerprint density at radius 3 is 2.64 bits per heavy atom. The normalized spacial score (nSPS) is 10.7. The highest BCUT2D eigenvalue weighted by atomic mass is 32.2. The maximum absolute atomic E-state index is 12.3. The van der Waals surface area contributed by atoms with Crippen molar-refractivity contribution in [2.24, 2.45) is 0 Å². The van der Waals surface area contributed by atoms with Gasteiger partial charge in [0.15, 0.2) is 5.13 Å². The Labute approximate surface area is 172 Å². The summed E-state index contributed by atoms with van der Waals surface area (Å²) in [6.45, 7) is -0.121. The fourth-order valence-electron chi connectivity index (χ4n) is 2.40. The Morgan fingerprint density at radius 2 is 1.89 bits per heavy atom. The van der Waals surface area contributed by atoms with Gasteiger partial charge < -0.3 is 10.6 Å². The fraction of sp³-hybridized carbons (Fsp3) is 0.150. The van der Waals surface area contributed by atoms with E-state index in [9.17, 15) is 9.59 Å². The van der Waals surface area contributed by atoms with Crippen LogP contribution in [0.3, 0.4) is 0 Å². The van der Waals surface area contributed by atoms with E-state index >= 15 is 0 Å². The lowest BCUT2D eigenvalue weighted by atomic mass is 10.2. The number of carbonyl (C=O) groups excluding carboxylic acids is 2. The van der Waals surface area contributed by atoms with Crippen LogP contribution in [0.1, 0.15) is 10.4 Å². The summed E-state index contributed by atoms with van der Waals surface area (Å²) in [7, 11) is 3.87. The number of benzene rings is 2. The summed E-state index contributed by atoms with van der Waals surface area (Å²) in [6.07, 6.45) is 0. The lowest BCUT2D eigenvalue weighted by molar-refractivity contribution is -0.115. The highest BCUT2D eigenvalue weighted by Crippen LogP contribution is 2.24. The van der Waals surface area contributed by atoms with Crippen molar-refractivity contribution in [3.63, 3.8) is 0 Å². The Kier molecular flexibility index (Phi) is 6.80. The number of hydrogen-bond donors (Lipinski definition) is 2. The highest BCUT2D eigenvalue weighted by Gasteiger charge is 2.11. The molecule has 2 aromatic carbocycles. The maximum atomic E-state index is 12.3. The van der Waals surface area contributed by atoms with Gasteiger partial charge in [-0.05, 0) is 44.2 Å². The third kappa shape index (κ3) is 5.66. The van der Waals surface area contributed by atoms with E-state index in [1.54, 1.807) is 12.1 Å². The van der Waals surface area contributed by atoms with E-state index in [0.29, 0.717) is 10.7 Å². The van der Waals surface area contributed by atoms with E-state index in [1.807, 2.05) is 66.2 Å². The first-order valence-corrected chi connectivity index (χ1v) is 10.2. The largest absolute Gasteiger partial charge is 0.343 e. The Hall–Kier alpha value is -2.68. The average Bonchev–Trinajstić information content (AvgIpc) is 3.15. The number of carbonyl (C=O) groups is 2. The van der Waals surface area contributed by atoms with Gasteiger partial charge in [-0.15, -0.1) is 11.3 Å². The van der Waals surface area contributed by atoms with E-state index < -0.39 is 0 Å². The molecule has 144 valence electrons. The molecule has 8 heteroatoms. The number of hydrogen-bond acceptors (Lipinski definition) is 6. The zero-order valence-corrected chi connectivity index (χ0v) is 17.1. The zero-order chi connectivity index (χ0) is 19.9. The lowest BCUT2D eigenvalue weighted by Gasteiger charge is -2.10. The average molecular weight is 413 g/mol. The SMILES string of the molecule is CN(C)Sc1cccc(C(=O)NCC(=O)Nc2nc(-c3ccccc3)cs2)c1. The second-order valence-corrected chi connectivity index (χ2v) is 8.31. The maximum Gasteiger partial charge on any atom is 0.251 e. The number of nitrogens with one attached hydrogen (secondary N) is 2. The van der Waals surface area contributed by atoms with Crippen molar-refractivity contribution in [1.29, 1.82) is 0 Å². The van der Waals surface area contributed by atoms with Crippen LogP contribution >= 0.6 is 23.3 Å². The van der Waals surface area contributed by atoms with Crippen molar-refractivity contribution in [3.8, 4) is 11.3 Å². The molecule has 6 nitrogen and oxygen atoms in total. The molecule has 0 atom stereocenters.